The number of ether oxygens (including phenoxy) is 5. The lowest BCUT2D eigenvalue weighted by atomic mass is 9.83. The molecule has 294 valence electrons. The first-order chi connectivity index (χ1) is 26.5. The van der Waals surface area contributed by atoms with Crippen LogP contribution in [-0.2, 0) is 29.3 Å². The summed E-state index contributed by atoms with van der Waals surface area (Å²) in [5.41, 5.74) is 1.43. The van der Waals surface area contributed by atoms with Gasteiger partial charge in [-0.05, 0) is 23.6 Å². The van der Waals surface area contributed by atoms with Crippen LogP contribution >= 0.6 is 0 Å². The van der Waals surface area contributed by atoms with E-state index < -0.39 is 80.0 Å². The summed E-state index contributed by atoms with van der Waals surface area (Å²) in [7, 11) is 0. The molecule has 4 aromatic carbocycles. The molecule has 0 bridgehead atoms. The van der Waals surface area contributed by atoms with Gasteiger partial charge in [0.25, 0.3) is 0 Å². The molecule has 0 aromatic heterocycles. The SMILES string of the molecule is CC(=O)c1c(OCc2ccccc2)c([C@@H]2O[C@H](CO)[C@@H](O)[C@H](O)[C@H]2O)c(OCc2ccccc2)c([C@@H]2O[C@H](CO)[C@@H](O)[C@H](O)[C@H]2O)c1OCc1ccccc1. The van der Waals surface area contributed by atoms with Crippen molar-refractivity contribution in [3.8, 4) is 17.2 Å². The Balaban J connectivity index is 1.69. The predicted molar refractivity (Wildman–Crippen MR) is 194 cm³/mol. The Morgan fingerprint density at radius 2 is 0.836 bits per heavy atom. The minimum atomic E-state index is -1.91. The van der Waals surface area contributed by atoms with E-state index in [4.69, 9.17) is 23.7 Å². The van der Waals surface area contributed by atoms with Crippen LogP contribution in [0.5, 0.6) is 17.2 Å². The van der Waals surface area contributed by atoms with Crippen LogP contribution in [0, 0.1) is 0 Å². The van der Waals surface area contributed by atoms with Gasteiger partial charge in [0.15, 0.2) is 5.78 Å². The van der Waals surface area contributed by atoms with Gasteiger partial charge in [0.2, 0.25) is 0 Å². The molecule has 14 heteroatoms. The lowest BCUT2D eigenvalue weighted by Gasteiger charge is -2.43. The molecule has 55 heavy (non-hydrogen) atoms. The number of aliphatic hydroxyl groups is 8. The van der Waals surface area contributed by atoms with Gasteiger partial charge in [-0.1, -0.05) is 91.0 Å². The number of benzene rings is 4. The topological polar surface area (TPSA) is 225 Å². The van der Waals surface area contributed by atoms with E-state index in [2.05, 4.69) is 0 Å². The Bertz CT molecular complexity index is 1750. The summed E-state index contributed by atoms with van der Waals surface area (Å²) in [4.78, 5) is 14.0. The Hall–Kier alpha value is -4.45. The van der Waals surface area contributed by atoms with Crippen LogP contribution in [0.3, 0.4) is 0 Å². The molecule has 0 saturated carbocycles. The van der Waals surface area contributed by atoms with Crippen molar-refractivity contribution >= 4 is 5.78 Å². The molecule has 2 saturated heterocycles. The zero-order valence-electron chi connectivity index (χ0n) is 30.0. The Morgan fingerprint density at radius 1 is 0.509 bits per heavy atom. The van der Waals surface area contributed by atoms with Crippen LogP contribution in [0.1, 0.15) is 57.3 Å². The summed E-state index contributed by atoms with van der Waals surface area (Å²) < 4.78 is 31.7. The fourth-order valence-corrected chi connectivity index (χ4v) is 6.89. The molecule has 0 unspecified atom stereocenters. The number of carbonyl (C=O) groups excluding carboxylic acids is 1. The lowest BCUT2D eigenvalue weighted by molar-refractivity contribution is -0.234. The standard InChI is InChI=1S/C41H46O14/c1-22(44)28-37(51-19-23-11-5-2-6-12-23)29(40-35(49)33(47)31(45)26(17-42)54-40)39(53-21-25-15-9-4-10-16-25)30(38(28)52-20-24-13-7-3-8-14-24)41-36(50)34(48)32(46)27(18-43)55-41/h2-16,26-27,31-36,40-43,45-50H,17-21H2,1H3/t26-,27-,31-,32-,33+,34+,35-,36-,40+,41+/m1/s1. The normalized spacial score (nSPS) is 28.0. The van der Waals surface area contributed by atoms with E-state index in [0.717, 1.165) is 0 Å². The zero-order chi connectivity index (χ0) is 39.2. The molecule has 2 aliphatic heterocycles. The number of ketones is 1. The van der Waals surface area contributed by atoms with Gasteiger partial charge >= 0.3 is 0 Å². The largest absolute Gasteiger partial charge is 0.488 e. The molecule has 2 heterocycles. The summed E-state index contributed by atoms with van der Waals surface area (Å²) in [6.07, 6.45) is -17.2. The molecule has 0 amide bonds. The maximum Gasteiger partial charge on any atom is 0.167 e. The van der Waals surface area contributed by atoms with Gasteiger partial charge in [0.05, 0.1) is 24.3 Å². The maximum absolute atomic E-state index is 14.0. The number of hydrogen-bond acceptors (Lipinski definition) is 14. The molecule has 4 aromatic rings. The number of Topliss-reactive ketones (excluding diaryl/α,β-unsaturated/α-hetero) is 1. The van der Waals surface area contributed by atoms with Crippen LogP contribution in [0.25, 0.3) is 0 Å². The van der Waals surface area contributed by atoms with Crippen molar-refractivity contribution in [3.05, 3.63) is 124 Å². The number of aliphatic hydroxyl groups excluding tert-OH is 8. The number of carbonyl (C=O) groups is 1. The summed E-state index contributed by atoms with van der Waals surface area (Å²) >= 11 is 0. The van der Waals surface area contributed by atoms with E-state index in [-0.39, 0.29) is 53.8 Å². The van der Waals surface area contributed by atoms with Crippen molar-refractivity contribution in [1.82, 2.24) is 0 Å². The Kier molecular flexibility index (Phi) is 13.2. The van der Waals surface area contributed by atoms with Crippen molar-refractivity contribution in [2.45, 2.75) is 87.8 Å². The van der Waals surface area contributed by atoms with Gasteiger partial charge < -0.3 is 64.5 Å². The molecule has 6 rings (SSSR count). The highest BCUT2D eigenvalue weighted by atomic mass is 16.6. The highest BCUT2D eigenvalue weighted by molar-refractivity contribution is 6.01. The monoisotopic (exact) mass is 762 g/mol. The summed E-state index contributed by atoms with van der Waals surface area (Å²) in [6, 6.07) is 26.8. The lowest BCUT2D eigenvalue weighted by Crippen LogP contribution is -2.56. The zero-order valence-corrected chi connectivity index (χ0v) is 30.0. The van der Waals surface area contributed by atoms with E-state index in [0.29, 0.717) is 16.7 Å². The fourth-order valence-electron chi connectivity index (χ4n) is 6.89. The van der Waals surface area contributed by atoms with Gasteiger partial charge in [-0.15, -0.1) is 0 Å². The predicted octanol–water partition coefficient (Wildman–Crippen LogP) is 1.66. The average molecular weight is 763 g/mol. The van der Waals surface area contributed by atoms with E-state index in [1.807, 2.05) is 12.1 Å². The summed E-state index contributed by atoms with van der Waals surface area (Å²) in [5.74, 6) is -1.27. The quantitative estimate of drug-likeness (QED) is 0.0856. The van der Waals surface area contributed by atoms with Crippen molar-refractivity contribution in [2.75, 3.05) is 13.2 Å². The van der Waals surface area contributed by atoms with Gasteiger partial charge in [-0.2, -0.15) is 0 Å². The first kappa shape index (κ1) is 40.2. The number of rotatable bonds is 14. The van der Waals surface area contributed by atoms with Crippen molar-refractivity contribution in [1.29, 1.82) is 0 Å². The molecule has 8 N–H and O–H groups in total. The first-order valence-corrected chi connectivity index (χ1v) is 17.9. The average Bonchev–Trinajstić information content (AvgIpc) is 3.21. The summed E-state index contributed by atoms with van der Waals surface area (Å²) in [5, 5.41) is 87.3. The van der Waals surface area contributed by atoms with E-state index in [9.17, 15) is 45.6 Å². The Labute approximate surface area is 317 Å². The van der Waals surface area contributed by atoms with Crippen molar-refractivity contribution in [3.63, 3.8) is 0 Å². The van der Waals surface area contributed by atoms with Gasteiger partial charge in [-0.3, -0.25) is 4.79 Å². The van der Waals surface area contributed by atoms with Crippen molar-refractivity contribution < 1.29 is 69.3 Å². The van der Waals surface area contributed by atoms with Crippen LogP contribution in [0.4, 0.5) is 0 Å². The molecule has 0 aliphatic carbocycles. The molecule has 10 atom stereocenters. The minimum Gasteiger partial charge on any atom is -0.488 e. The van der Waals surface area contributed by atoms with Gasteiger partial charge in [0.1, 0.15) is 104 Å². The third-order valence-electron chi connectivity index (χ3n) is 9.82. The smallest absolute Gasteiger partial charge is 0.167 e. The highest BCUT2D eigenvalue weighted by Gasteiger charge is 2.51. The molecular weight excluding hydrogens is 716 g/mol. The highest BCUT2D eigenvalue weighted by Crippen LogP contribution is 2.54. The maximum atomic E-state index is 14.0. The van der Waals surface area contributed by atoms with Crippen LogP contribution in [0.2, 0.25) is 0 Å². The first-order valence-electron chi connectivity index (χ1n) is 17.9. The van der Waals surface area contributed by atoms with Crippen molar-refractivity contribution in [2.24, 2.45) is 0 Å². The Morgan fingerprint density at radius 3 is 1.15 bits per heavy atom. The van der Waals surface area contributed by atoms with Crippen LogP contribution in [-0.4, -0.2) is 109 Å². The van der Waals surface area contributed by atoms with E-state index in [1.165, 1.54) is 6.92 Å². The molecule has 14 nitrogen and oxygen atoms in total. The van der Waals surface area contributed by atoms with Gasteiger partial charge in [-0.25, -0.2) is 0 Å². The fraction of sp³-hybridized carbons (Fsp3) is 0.390. The summed E-state index contributed by atoms with van der Waals surface area (Å²) in [6.45, 7) is -0.773. The second kappa shape index (κ2) is 18.0. The molecule has 2 aliphatic rings. The molecule has 0 radical (unpaired) electrons. The minimum absolute atomic E-state index is 0.138. The second-order valence-electron chi connectivity index (χ2n) is 13.6. The third kappa shape index (κ3) is 8.54. The van der Waals surface area contributed by atoms with E-state index in [1.54, 1.807) is 78.9 Å². The van der Waals surface area contributed by atoms with Crippen LogP contribution < -0.4 is 14.2 Å². The molecule has 2 fully saturated rings. The van der Waals surface area contributed by atoms with Gasteiger partial charge in [0, 0.05) is 0 Å². The third-order valence-corrected chi connectivity index (χ3v) is 9.82. The molecule has 0 spiro atoms. The number of hydrogen-bond donors (Lipinski definition) is 8. The van der Waals surface area contributed by atoms with Crippen LogP contribution in [0.15, 0.2) is 91.0 Å². The second-order valence-corrected chi connectivity index (χ2v) is 13.6. The van der Waals surface area contributed by atoms with E-state index >= 15 is 0 Å². The molecular formula is C41H46O14.